The van der Waals surface area contributed by atoms with Gasteiger partial charge < -0.3 is 4.57 Å². The van der Waals surface area contributed by atoms with Crippen molar-refractivity contribution in [2.45, 2.75) is 19.7 Å². The molecule has 5 nitrogen and oxygen atoms in total. The SMILES string of the molecule is Cn1c(S(C)(=O)=O)c(Sc2ccccc2Cl)c2ccc(S(C)(=O)=O)cc21. The van der Waals surface area contributed by atoms with Crippen molar-refractivity contribution in [3.8, 4) is 0 Å². The number of hydrogen-bond acceptors (Lipinski definition) is 5. The van der Waals surface area contributed by atoms with Gasteiger partial charge in [0.15, 0.2) is 19.7 Å². The number of nitrogens with zero attached hydrogens (tertiary/aromatic N) is 1. The first kappa shape index (κ1) is 19.3. The van der Waals surface area contributed by atoms with E-state index in [4.69, 9.17) is 11.6 Å². The lowest BCUT2D eigenvalue weighted by atomic mass is 10.2. The Morgan fingerprint density at radius 1 is 0.962 bits per heavy atom. The number of sulfone groups is 2. The minimum atomic E-state index is -3.56. The minimum Gasteiger partial charge on any atom is -0.334 e. The number of fused-ring (bicyclic) bond motifs is 1. The highest BCUT2D eigenvalue weighted by molar-refractivity contribution is 8.00. The second kappa shape index (κ2) is 6.60. The van der Waals surface area contributed by atoms with Gasteiger partial charge in [0.1, 0.15) is 5.03 Å². The monoisotopic (exact) mass is 429 g/mol. The van der Waals surface area contributed by atoms with Crippen molar-refractivity contribution in [1.82, 2.24) is 4.57 Å². The van der Waals surface area contributed by atoms with Gasteiger partial charge in [-0.05, 0) is 24.3 Å². The van der Waals surface area contributed by atoms with E-state index in [-0.39, 0.29) is 9.92 Å². The molecular formula is C17H16ClNO4S3. The van der Waals surface area contributed by atoms with Crippen LogP contribution in [0.2, 0.25) is 5.02 Å². The maximum atomic E-state index is 12.4. The molecule has 3 rings (SSSR count). The Hall–Kier alpha value is -1.48. The van der Waals surface area contributed by atoms with Crippen molar-refractivity contribution in [2.24, 2.45) is 7.05 Å². The van der Waals surface area contributed by atoms with Crippen molar-refractivity contribution in [2.75, 3.05) is 12.5 Å². The van der Waals surface area contributed by atoms with Crippen molar-refractivity contribution in [1.29, 1.82) is 0 Å². The summed E-state index contributed by atoms with van der Waals surface area (Å²) in [5.74, 6) is 0. The smallest absolute Gasteiger partial charge is 0.192 e. The zero-order chi connectivity index (χ0) is 19.3. The topological polar surface area (TPSA) is 73.2 Å². The summed E-state index contributed by atoms with van der Waals surface area (Å²) in [5.41, 5.74) is 0.530. The van der Waals surface area contributed by atoms with Gasteiger partial charge in [0.25, 0.3) is 0 Å². The lowest BCUT2D eigenvalue weighted by Crippen LogP contribution is -2.05. The van der Waals surface area contributed by atoms with E-state index in [9.17, 15) is 16.8 Å². The molecular weight excluding hydrogens is 414 g/mol. The van der Waals surface area contributed by atoms with Crippen LogP contribution in [0.4, 0.5) is 0 Å². The minimum absolute atomic E-state index is 0.128. The van der Waals surface area contributed by atoms with Crippen LogP contribution >= 0.6 is 23.4 Å². The van der Waals surface area contributed by atoms with Gasteiger partial charge in [-0.3, -0.25) is 0 Å². The summed E-state index contributed by atoms with van der Waals surface area (Å²) in [5, 5.41) is 1.30. The zero-order valence-corrected chi connectivity index (χ0v) is 17.4. The van der Waals surface area contributed by atoms with Crippen LogP contribution in [-0.2, 0) is 26.7 Å². The molecule has 0 aliphatic carbocycles. The van der Waals surface area contributed by atoms with Crippen molar-refractivity contribution < 1.29 is 16.8 Å². The van der Waals surface area contributed by atoms with Crippen LogP contribution in [0.1, 0.15) is 0 Å². The fourth-order valence-corrected chi connectivity index (χ4v) is 6.29. The van der Waals surface area contributed by atoms with Crippen LogP contribution in [0, 0.1) is 0 Å². The second-order valence-corrected chi connectivity index (χ2v) is 11.4. The molecule has 0 bridgehead atoms. The van der Waals surface area contributed by atoms with Crippen LogP contribution in [0.25, 0.3) is 10.9 Å². The third-order valence-corrected chi connectivity index (χ3v) is 7.96. The average molecular weight is 430 g/mol. The summed E-state index contributed by atoms with van der Waals surface area (Å²) in [6, 6.07) is 11.8. The van der Waals surface area contributed by atoms with Crippen molar-refractivity contribution in [3.05, 3.63) is 47.5 Å². The first-order valence-corrected chi connectivity index (χ1v) is 12.4. The Balaban J connectivity index is 2.35. The largest absolute Gasteiger partial charge is 0.334 e. The Morgan fingerprint density at radius 3 is 2.19 bits per heavy atom. The number of aromatic nitrogens is 1. The van der Waals surface area contributed by atoms with Crippen LogP contribution in [0.15, 0.2) is 62.2 Å². The van der Waals surface area contributed by atoms with Crippen molar-refractivity contribution in [3.63, 3.8) is 0 Å². The molecule has 0 saturated carbocycles. The van der Waals surface area contributed by atoms with E-state index in [0.717, 1.165) is 17.4 Å². The Morgan fingerprint density at radius 2 is 1.62 bits per heavy atom. The highest BCUT2D eigenvalue weighted by Gasteiger charge is 2.25. The van der Waals surface area contributed by atoms with Gasteiger partial charge in [0, 0.05) is 29.8 Å². The number of rotatable bonds is 4. The highest BCUT2D eigenvalue weighted by Crippen LogP contribution is 2.42. The van der Waals surface area contributed by atoms with Gasteiger partial charge in [0.2, 0.25) is 0 Å². The van der Waals surface area contributed by atoms with E-state index < -0.39 is 19.7 Å². The van der Waals surface area contributed by atoms with Crippen LogP contribution in [-0.4, -0.2) is 33.9 Å². The molecule has 3 aromatic rings. The van der Waals surface area contributed by atoms with Gasteiger partial charge in [-0.2, -0.15) is 0 Å². The predicted molar refractivity (Wildman–Crippen MR) is 105 cm³/mol. The van der Waals surface area contributed by atoms with E-state index in [1.807, 2.05) is 12.1 Å². The van der Waals surface area contributed by atoms with E-state index in [1.54, 1.807) is 25.2 Å². The quantitative estimate of drug-likeness (QED) is 0.630. The lowest BCUT2D eigenvalue weighted by Gasteiger charge is -2.07. The average Bonchev–Trinajstić information content (AvgIpc) is 2.81. The van der Waals surface area contributed by atoms with Gasteiger partial charge in [-0.1, -0.05) is 41.6 Å². The molecule has 138 valence electrons. The molecule has 0 amide bonds. The fraction of sp³-hybridized carbons (Fsp3) is 0.176. The third kappa shape index (κ3) is 3.51. The van der Waals surface area contributed by atoms with Gasteiger partial charge >= 0.3 is 0 Å². The Bertz CT molecular complexity index is 1230. The first-order valence-electron chi connectivity index (χ1n) is 7.45. The summed E-state index contributed by atoms with van der Waals surface area (Å²) >= 11 is 7.48. The molecule has 0 saturated heterocycles. The molecule has 0 aliphatic rings. The van der Waals surface area contributed by atoms with Crippen LogP contribution in [0.5, 0.6) is 0 Å². The number of aryl methyl sites for hydroxylation is 1. The summed E-state index contributed by atoms with van der Waals surface area (Å²) in [6.45, 7) is 0. The standard InChI is InChI=1S/C17H16ClNO4S3/c1-19-14-10-11(25(2,20)21)8-9-12(14)16(17(19)26(3,22)23)24-15-7-5-4-6-13(15)18/h4-10H,1-3H3. The number of benzene rings is 2. The highest BCUT2D eigenvalue weighted by atomic mass is 35.5. The van der Waals surface area contributed by atoms with Gasteiger partial charge in [0.05, 0.1) is 20.3 Å². The summed E-state index contributed by atoms with van der Waals surface area (Å²) < 4.78 is 50.1. The molecule has 0 unspecified atom stereocenters. The Labute approximate surface area is 161 Å². The Kier molecular flexibility index (Phi) is 4.89. The second-order valence-electron chi connectivity index (χ2n) is 5.95. The normalized spacial score (nSPS) is 12.6. The molecule has 0 N–H and O–H groups in total. The van der Waals surface area contributed by atoms with E-state index >= 15 is 0 Å². The van der Waals surface area contributed by atoms with Gasteiger partial charge in [-0.25, -0.2) is 16.8 Å². The van der Waals surface area contributed by atoms with Crippen LogP contribution in [0.3, 0.4) is 0 Å². The fourth-order valence-electron chi connectivity index (χ4n) is 2.74. The third-order valence-electron chi connectivity index (χ3n) is 3.90. The predicted octanol–water partition coefficient (Wildman–Crippen LogP) is 3.79. The molecule has 0 aliphatic heterocycles. The number of hydrogen-bond donors (Lipinski definition) is 0. The molecule has 9 heteroatoms. The number of halogens is 1. The summed E-state index contributed by atoms with van der Waals surface area (Å²) in [4.78, 5) is 1.39. The zero-order valence-electron chi connectivity index (χ0n) is 14.2. The van der Waals surface area contributed by atoms with E-state index in [0.29, 0.717) is 20.8 Å². The first-order chi connectivity index (χ1) is 12.0. The lowest BCUT2D eigenvalue weighted by molar-refractivity contribution is 0.589. The molecule has 26 heavy (non-hydrogen) atoms. The van der Waals surface area contributed by atoms with Crippen LogP contribution < -0.4 is 0 Å². The molecule has 2 aromatic carbocycles. The molecule has 1 aromatic heterocycles. The molecule has 1 heterocycles. The maximum absolute atomic E-state index is 12.4. The molecule has 0 spiro atoms. The van der Waals surface area contributed by atoms with E-state index in [2.05, 4.69) is 0 Å². The maximum Gasteiger partial charge on any atom is 0.192 e. The molecule has 0 fully saturated rings. The summed E-state index contributed by atoms with van der Waals surface area (Å²) in [6.07, 6.45) is 2.25. The summed E-state index contributed by atoms with van der Waals surface area (Å²) in [7, 11) is -5.35. The van der Waals surface area contributed by atoms with E-state index in [1.165, 1.54) is 28.5 Å². The molecule has 0 radical (unpaired) electrons. The van der Waals surface area contributed by atoms with Gasteiger partial charge in [-0.15, -0.1) is 0 Å². The molecule has 0 atom stereocenters. The van der Waals surface area contributed by atoms with Crippen molar-refractivity contribution >= 4 is 53.9 Å².